The Bertz CT molecular complexity index is 374. The molecule has 5 heteroatoms. The highest BCUT2D eigenvalue weighted by Gasteiger charge is 2.42. The Morgan fingerprint density at radius 2 is 1.85 bits per heavy atom. The highest BCUT2D eigenvalue weighted by atomic mass is 16.5. The van der Waals surface area contributed by atoms with Gasteiger partial charge in [0, 0.05) is 6.54 Å². The molecule has 1 saturated carbocycles. The lowest BCUT2D eigenvalue weighted by molar-refractivity contribution is -0.151. The average Bonchev–Trinajstić information content (AvgIpc) is 2.84. The number of ether oxygens (including phenoxy) is 1. The number of carboxylic acids is 1. The number of hydrogen-bond donors (Lipinski definition) is 2. The first-order valence-electron chi connectivity index (χ1n) is 7.59. The van der Waals surface area contributed by atoms with Crippen LogP contribution in [0.1, 0.15) is 52.4 Å². The molecule has 1 aliphatic carbocycles. The average molecular weight is 283 g/mol. The molecule has 2 aliphatic rings. The molecule has 2 N–H and O–H groups in total. The predicted molar refractivity (Wildman–Crippen MR) is 74.3 cm³/mol. The Hall–Kier alpha value is -1.10. The number of carbonyl (C=O) groups excluding carboxylic acids is 1. The predicted octanol–water partition coefficient (Wildman–Crippen LogP) is 1.95. The molecule has 0 radical (unpaired) electrons. The Kier molecular flexibility index (Phi) is 4.68. The van der Waals surface area contributed by atoms with Crippen molar-refractivity contribution in [2.45, 2.75) is 64.6 Å². The first-order chi connectivity index (χ1) is 9.43. The first-order valence-corrected chi connectivity index (χ1v) is 7.59. The van der Waals surface area contributed by atoms with E-state index in [4.69, 9.17) is 4.74 Å². The molecule has 0 aromatic carbocycles. The van der Waals surface area contributed by atoms with Crippen LogP contribution in [0.3, 0.4) is 0 Å². The number of carboxylic acid groups (broad SMARTS) is 1. The van der Waals surface area contributed by atoms with Crippen LogP contribution in [-0.4, -0.2) is 35.7 Å². The smallest absolute Gasteiger partial charge is 0.311 e. The molecule has 1 amide bonds. The quantitative estimate of drug-likeness (QED) is 0.827. The topological polar surface area (TPSA) is 75.6 Å². The van der Waals surface area contributed by atoms with Crippen LogP contribution in [-0.2, 0) is 14.3 Å². The summed E-state index contributed by atoms with van der Waals surface area (Å²) >= 11 is 0. The number of hydrogen-bond acceptors (Lipinski definition) is 3. The Morgan fingerprint density at radius 3 is 2.35 bits per heavy atom. The Labute approximate surface area is 120 Å². The van der Waals surface area contributed by atoms with Crippen LogP contribution in [0.5, 0.6) is 0 Å². The Morgan fingerprint density at radius 1 is 1.20 bits per heavy atom. The zero-order valence-electron chi connectivity index (χ0n) is 12.4. The highest BCUT2D eigenvalue weighted by molar-refractivity contribution is 5.82. The van der Waals surface area contributed by atoms with E-state index in [1.807, 2.05) is 6.92 Å². The third-order valence-electron chi connectivity index (χ3n) is 4.81. The minimum atomic E-state index is -0.787. The maximum atomic E-state index is 12.0. The molecule has 2 rings (SSSR count). The van der Waals surface area contributed by atoms with E-state index in [0.29, 0.717) is 18.8 Å². The van der Waals surface area contributed by atoms with Crippen molar-refractivity contribution in [3.8, 4) is 0 Å². The van der Waals surface area contributed by atoms with Gasteiger partial charge >= 0.3 is 5.97 Å². The van der Waals surface area contributed by atoms with Crippen LogP contribution in [0.25, 0.3) is 0 Å². The van der Waals surface area contributed by atoms with E-state index in [2.05, 4.69) is 12.2 Å². The zero-order valence-corrected chi connectivity index (χ0v) is 12.4. The van der Waals surface area contributed by atoms with Gasteiger partial charge in [-0.25, -0.2) is 0 Å². The second kappa shape index (κ2) is 6.12. The van der Waals surface area contributed by atoms with Crippen LogP contribution >= 0.6 is 0 Å². The van der Waals surface area contributed by atoms with Gasteiger partial charge in [-0.15, -0.1) is 0 Å². The fourth-order valence-electron chi connectivity index (χ4n) is 3.15. The number of carbonyl (C=O) groups is 2. The van der Waals surface area contributed by atoms with Gasteiger partial charge in [0.25, 0.3) is 0 Å². The molecule has 2 unspecified atom stereocenters. The first kappa shape index (κ1) is 15.3. The second-order valence-electron chi connectivity index (χ2n) is 6.50. The van der Waals surface area contributed by atoms with E-state index in [0.717, 1.165) is 25.7 Å². The molecule has 0 aromatic rings. The van der Waals surface area contributed by atoms with Gasteiger partial charge < -0.3 is 15.2 Å². The van der Waals surface area contributed by atoms with Gasteiger partial charge in [-0.1, -0.05) is 6.92 Å². The van der Waals surface area contributed by atoms with Crippen molar-refractivity contribution in [3.05, 3.63) is 0 Å². The molecule has 114 valence electrons. The highest BCUT2D eigenvalue weighted by Crippen LogP contribution is 2.38. The standard InChI is InChI=1S/C15H25NO4/c1-10-5-7-15(8-6-10,14(18)19)9-16-13(17)12-4-3-11(2)20-12/h10-12H,3-9H2,1-2H3,(H,16,17)(H,18,19). The molecule has 0 bridgehead atoms. The van der Waals surface area contributed by atoms with Gasteiger partial charge in [0.15, 0.2) is 0 Å². The summed E-state index contributed by atoms with van der Waals surface area (Å²) in [6, 6.07) is 0. The summed E-state index contributed by atoms with van der Waals surface area (Å²) in [4.78, 5) is 23.6. The lowest BCUT2D eigenvalue weighted by Gasteiger charge is -2.36. The normalized spacial score (nSPS) is 37.6. The van der Waals surface area contributed by atoms with Crippen LogP contribution in [0.4, 0.5) is 0 Å². The third kappa shape index (κ3) is 3.32. The molecule has 1 heterocycles. The van der Waals surface area contributed by atoms with Gasteiger partial charge in [0.1, 0.15) is 6.10 Å². The number of amides is 1. The van der Waals surface area contributed by atoms with Crippen molar-refractivity contribution < 1.29 is 19.4 Å². The molecule has 2 fully saturated rings. The summed E-state index contributed by atoms with van der Waals surface area (Å²) in [5.41, 5.74) is -0.785. The molecular weight excluding hydrogens is 258 g/mol. The molecule has 0 aromatic heterocycles. The molecule has 1 saturated heterocycles. The minimum absolute atomic E-state index is 0.120. The van der Waals surface area contributed by atoms with Gasteiger partial charge in [-0.05, 0) is 51.4 Å². The molecular formula is C15H25NO4. The van der Waals surface area contributed by atoms with E-state index in [1.165, 1.54) is 0 Å². The SMILES string of the molecule is CC1CCC(CNC(=O)C2CCC(C)O2)(C(=O)O)CC1. The summed E-state index contributed by atoms with van der Waals surface area (Å²) in [5.74, 6) is -0.365. The maximum Gasteiger partial charge on any atom is 0.311 e. The van der Waals surface area contributed by atoms with E-state index in [1.54, 1.807) is 0 Å². The zero-order chi connectivity index (χ0) is 14.8. The summed E-state index contributed by atoms with van der Waals surface area (Å²) in [7, 11) is 0. The van der Waals surface area contributed by atoms with Crippen molar-refractivity contribution in [3.63, 3.8) is 0 Å². The second-order valence-corrected chi connectivity index (χ2v) is 6.50. The minimum Gasteiger partial charge on any atom is -0.481 e. The van der Waals surface area contributed by atoms with Crippen molar-refractivity contribution in [1.29, 1.82) is 0 Å². The van der Waals surface area contributed by atoms with E-state index in [9.17, 15) is 14.7 Å². The number of nitrogens with one attached hydrogen (secondary N) is 1. The molecule has 0 spiro atoms. The lowest BCUT2D eigenvalue weighted by atomic mass is 9.71. The Balaban J connectivity index is 1.89. The largest absolute Gasteiger partial charge is 0.481 e. The summed E-state index contributed by atoms with van der Waals surface area (Å²) < 4.78 is 5.51. The van der Waals surface area contributed by atoms with Gasteiger partial charge in [0.2, 0.25) is 5.91 Å². The van der Waals surface area contributed by atoms with E-state index in [-0.39, 0.29) is 18.6 Å². The fraction of sp³-hybridized carbons (Fsp3) is 0.867. The third-order valence-corrected chi connectivity index (χ3v) is 4.81. The van der Waals surface area contributed by atoms with Gasteiger partial charge in [-0.2, -0.15) is 0 Å². The summed E-state index contributed by atoms with van der Waals surface area (Å²) in [6.07, 6.45) is 4.45. The molecule has 1 aliphatic heterocycles. The summed E-state index contributed by atoms with van der Waals surface area (Å²) in [5, 5.41) is 12.3. The number of aliphatic carboxylic acids is 1. The van der Waals surface area contributed by atoms with Crippen molar-refractivity contribution >= 4 is 11.9 Å². The maximum absolute atomic E-state index is 12.0. The van der Waals surface area contributed by atoms with E-state index < -0.39 is 17.5 Å². The van der Waals surface area contributed by atoms with Crippen LogP contribution in [0, 0.1) is 11.3 Å². The molecule has 20 heavy (non-hydrogen) atoms. The van der Waals surface area contributed by atoms with Crippen LogP contribution in [0.15, 0.2) is 0 Å². The van der Waals surface area contributed by atoms with Gasteiger partial charge in [-0.3, -0.25) is 9.59 Å². The number of rotatable bonds is 4. The molecule has 5 nitrogen and oxygen atoms in total. The van der Waals surface area contributed by atoms with Crippen LogP contribution in [0.2, 0.25) is 0 Å². The van der Waals surface area contributed by atoms with E-state index >= 15 is 0 Å². The van der Waals surface area contributed by atoms with Gasteiger partial charge in [0.05, 0.1) is 11.5 Å². The fourth-order valence-corrected chi connectivity index (χ4v) is 3.15. The van der Waals surface area contributed by atoms with Crippen molar-refractivity contribution in [2.75, 3.05) is 6.54 Å². The van der Waals surface area contributed by atoms with Crippen LogP contribution < -0.4 is 5.32 Å². The molecule has 2 atom stereocenters. The van der Waals surface area contributed by atoms with Crippen molar-refractivity contribution in [1.82, 2.24) is 5.32 Å². The monoisotopic (exact) mass is 283 g/mol. The van der Waals surface area contributed by atoms with Crippen molar-refractivity contribution in [2.24, 2.45) is 11.3 Å². The summed E-state index contributed by atoms with van der Waals surface area (Å²) in [6.45, 7) is 4.33. The lowest BCUT2D eigenvalue weighted by Crippen LogP contribution is -2.47.